The molecule has 2 heteroatoms. The number of hydrogen-bond acceptors (Lipinski definition) is 2. The summed E-state index contributed by atoms with van der Waals surface area (Å²) in [5.74, 6) is 0. The van der Waals surface area contributed by atoms with E-state index in [-0.39, 0.29) is 6.04 Å². The SMILES string of the molecule is CC[C@@H](N)c1ccccc1N1CCCCCC1C. The Morgan fingerprint density at radius 2 is 2.06 bits per heavy atom. The molecule has 0 radical (unpaired) electrons. The van der Waals surface area contributed by atoms with E-state index >= 15 is 0 Å². The second-order valence-electron chi connectivity index (χ2n) is 5.47. The Bertz CT molecular complexity index is 375. The van der Waals surface area contributed by atoms with Crippen LogP contribution < -0.4 is 10.6 Å². The molecule has 0 aliphatic carbocycles. The van der Waals surface area contributed by atoms with Gasteiger partial charge in [0.2, 0.25) is 0 Å². The zero-order valence-electron chi connectivity index (χ0n) is 11.7. The van der Waals surface area contributed by atoms with Crippen LogP contribution in [0.15, 0.2) is 24.3 Å². The molecule has 1 unspecified atom stereocenters. The Kier molecular flexibility index (Phi) is 4.65. The Hall–Kier alpha value is -1.02. The molecule has 1 aromatic carbocycles. The fourth-order valence-electron chi connectivity index (χ4n) is 2.92. The van der Waals surface area contributed by atoms with Gasteiger partial charge in [-0.2, -0.15) is 0 Å². The second-order valence-corrected chi connectivity index (χ2v) is 5.47. The van der Waals surface area contributed by atoms with Crippen LogP contribution in [0, 0.1) is 0 Å². The third-order valence-corrected chi connectivity index (χ3v) is 4.14. The Balaban J connectivity index is 2.30. The van der Waals surface area contributed by atoms with E-state index in [4.69, 9.17) is 5.73 Å². The van der Waals surface area contributed by atoms with Gasteiger partial charge in [-0.1, -0.05) is 38.0 Å². The lowest BCUT2D eigenvalue weighted by molar-refractivity contribution is 0.608. The van der Waals surface area contributed by atoms with Gasteiger partial charge in [0.05, 0.1) is 0 Å². The van der Waals surface area contributed by atoms with Gasteiger partial charge in [-0.15, -0.1) is 0 Å². The van der Waals surface area contributed by atoms with Crippen LogP contribution in [0.1, 0.15) is 57.6 Å². The van der Waals surface area contributed by atoms with Crippen molar-refractivity contribution in [1.82, 2.24) is 0 Å². The molecule has 1 heterocycles. The molecule has 0 amide bonds. The van der Waals surface area contributed by atoms with E-state index in [1.165, 1.54) is 43.5 Å². The zero-order valence-corrected chi connectivity index (χ0v) is 11.7. The zero-order chi connectivity index (χ0) is 13.0. The van der Waals surface area contributed by atoms with Crippen LogP contribution in [0.25, 0.3) is 0 Å². The quantitative estimate of drug-likeness (QED) is 0.877. The predicted octanol–water partition coefficient (Wildman–Crippen LogP) is 3.87. The molecule has 0 bridgehead atoms. The molecule has 0 aromatic heterocycles. The standard InChI is InChI=1S/C16H26N2/c1-3-15(17)14-10-6-7-11-16(14)18-12-8-4-5-9-13(18)2/h6-7,10-11,13,15H,3-5,8-9,12,17H2,1-2H3/t13?,15-/m1/s1. The third-order valence-electron chi connectivity index (χ3n) is 4.14. The summed E-state index contributed by atoms with van der Waals surface area (Å²) in [4.78, 5) is 2.57. The van der Waals surface area contributed by atoms with Crippen LogP contribution in [-0.4, -0.2) is 12.6 Å². The normalized spacial score (nSPS) is 22.6. The van der Waals surface area contributed by atoms with E-state index in [1.54, 1.807) is 0 Å². The van der Waals surface area contributed by atoms with Crippen molar-refractivity contribution in [2.45, 2.75) is 58.0 Å². The number of anilines is 1. The first-order valence-corrected chi connectivity index (χ1v) is 7.35. The number of nitrogens with zero attached hydrogens (tertiary/aromatic N) is 1. The highest BCUT2D eigenvalue weighted by molar-refractivity contribution is 5.55. The first kappa shape index (κ1) is 13.4. The van der Waals surface area contributed by atoms with Crippen molar-refractivity contribution >= 4 is 5.69 Å². The molecule has 2 nitrogen and oxygen atoms in total. The summed E-state index contributed by atoms with van der Waals surface area (Å²) in [7, 11) is 0. The highest BCUT2D eigenvalue weighted by Gasteiger charge is 2.20. The first-order chi connectivity index (χ1) is 8.74. The average molecular weight is 246 g/mol. The fraction of sp³-hybridized carbons (Fsp3) is 0.625. The average Bonchev–Trinajstić information content (AvgIpc) is 2.62. The molecule has 1 aromatic rings. The summed E-state index contributed by atoms with van der Waals surface area (Å²) in [5, 5.41) is 0. The number of rotatable bonds is 3. The van der Waals surface area contributed by atoms with Gasteiger partial charge in [0.1, 0.15) is 0 Å². The molecule has 0 saturated carbocycles. The van der Waals surface area contributed by atoms with Gasteiger partial charge in [-0.3, -0.25) is 0 Å². The summed E-state index contributed by atoms with van der Waals surface area (Å²) in [6.45, 7) is 5.68. The Morgan fingerprint density at radius 3 is 2.83 bits per heavy atom. The maximum absolute atomic E-state index is 6.26. The second kappa shape index (κ2) is 6.24. The number of hydrogen-bond donors (Lipinski definition) is 1. The molecule has 1 aliphatic rings. The lowest BCUT2D eigenvalue weighted by Crippen LogP contribution is -2.33. The van der Waals surface area contributed by atoms with Gasteiger partial charge in [0.25, 0.3) is 0 Å². The summed E-state index contributed by atoms with van der Waals surface area (Å²) in [6, 6.07) is 9.48. The van der Waals surface area contributed by atoms with E-state index in [0.717, 1.165) is 6.42 Å². The minimum Gasteiger partial charge on any atom is -0.369 e. The van der Waals surface area contributed by atoms with Gasteiger partial charge in [-0.25, -0.2) is 0 Å². The van der Waals surface area contributed by atoms with E-state index in [2.05, 4.69) is 43.0 Å². The molecule has 2 N–H and O–H groups in total. The van der Waals surface area contributed by atoms with E-state index < -0.39 is 0 Å². The highest BCUT2D eigenvalue weighted by Crippen LogP contribution is 2.31. The molecule has 1 saturated heterocycles. The van der Waals surface area contributed by atoms with E-state index in [9.17, 15) is 0 Å². The topological polar surface area (TPSA) is 29.3 Å². The molecule has 1 fully saturated rings. The number of para-hydroxylation sites is 1. The molecular weight excluding hydrogens is 220 g/mol. The van der Waals surface area contributed by atoms with Gasteiger partial charge in [-0.05, 0) is 37.8 Å². The summed E-state index contributed by atoms with van der Waals surface area (Å²) >= 11 is 0. The van der Waals surface area contributed by atoms with Crippen LogP contribution in [0.5, 0.6) is 0 Å². The van der Waals surface area contributed by atoms with Gasteiger partial charge in [0.15, 0.2) is 0 Å². The highest BCUT2D eigenvalue weighted by atomic mass is 15.2. The van der Waals surface area contributed by atoms with Gasteiger partial charge in [0, 0.05) is 24.3 Å². The first-order valence-electron chi connectivity index (χ1n) is 7.35. The van der Waals surface area contributed by atoms with Gasteiger partial charge < -0.3 is 10.6 Å². The summed E-state index contributed by atoms with van der Waals surface area (Å²) < 4.78 is 0. The van der Waals surface area contributed by atoms with Crippen LogP contribution in [0.3, 0.4) is 0 Å². The molecule has 1 aliphatic heterocycles. The molecule has 2 atom stereocenters. The van der Waals surface area contributed by atoms with Crippen molar-refractivity contribution in [3.05, 3.63) is 29.8 Å². The predicted molar refractivity (Wildman–Crippen MR) is 78.9 cm³/mol. The van der Waals surface area contributed by atoms with Crippen LogP contribution in [0.2, 0.25) is 0 Å². The Morgan fingerprint density at radius 1 is 1.28 bits per heavy atom. The molecule has 18 heavy (non-hydrogen) atoms. The number of benzene rings is 1. The van der Waals surface area contributed by atoms with Crippen molar-refractivity contribution in [3.8, 4) is 0 Å². The molecule has 100 valence electrons. The number of nitrogens with two attached hydrogens (primary N) is 1. The maximum atomic E-state index is 6.26. The molecular formula is C16H26N2. The van der Waals surface area contributed by atoms with Crippen LogP contribution >= 0.6 is 0 Å². The molecule has 2 rings (SSSR count). The summed E-state index contributed by atoms with van der Waals surface area (Å²) in [5.41, 5.74) is 8.94. The minimum absolute atomic E-state index is 0.164. The van der Waals surface area contributed by atoms with Crippen molar-refractivity contribution < 1.29 is 0 Å². The van der Waals surface area contributed by atoms with Gasteiger partial charge >= 0.3 is 0 Å². The Labute approximate surface area is 111 Å². The van der Waals surface area contributed by atoms with Crippen LogP contribution in [-0.2, 0) is 0 Å². The third kappa shape index (κ3) is 2.86. The lowest BCUT2D eigenvalue weighted by atomic mass is 10.0. The smallest absolute Gasteiger partial charge is 0.0417 e. The van der Waals surface area contributed by atoms with Crippen LogP contribution in [0.4, 0.5) is 5.69 Å². The maximum Gasteiger partial charge on any atom is 0.0417 e. The van der Waals surface area contributed by atoms with E-state index in [1.807, 2.05) is 0 Å². The monoisotopic (exact) mass is 246 g/mol. The summed E-state index contributed by atoms with van der Waals surface area (Å²) in [6.07, 6.45) is 6.33. The largest absolute Gasteiger partial charge is 0.369 e. The van der Waals surface area contributed by atoms with Crippen molar-refractivity contribution in [3.63, 3.8) is 0 Å². The van der Waals surface area contributed by atoms with E-state index in [0.29, 0.717) is 6.04 Å². The lowest BCUT2D eigenvalue weighted by Gasteiger charge is -2.32. The molecule has 0 spiro atoms. The van der Waals surface area contributed by atoms with Crippen molar-refractivity contribution in [2.24, 2.45) is 5.73 Å². The van der Waals surface area contributed by atoms with Crippen molar-refractivity contribution in [2.75, 3.05) is 11.4 Å². The van der Waals surface area contributed by atoms with Crippen molar-refractivity contribution in [1.29, 1.82) is 0 Å². The fourth-order valence-corrected chi connectivity index (χ4v) is 2.92. The minimum atomic E-state index is 0.164.